The Bertz CT molecular complexity index is 1240. The molecule has 2 aliphatic carbocycles. The van der Waals surface area contributed by atoms with Gasteiger partial charge in [0.05, 0.1) is 16.8 Å². The van der Waals surface area contributed by atoms with Gasteiger partial charge in [0.25, 0.3) is 0 Å². The summed E-state index contributed by atoms with van der Waals surface area (Å²) in [5.41, 5.74) is 0.467. The van der Waals surface area contributed by atoms with E-state index in [2.05, 4.69) is 35.6 Å². The van der Waals surface area contributed by atoms with Crippen LogP contribution in [0.3, 0.4) is 0 Å². The SMILES string of the molecule is CC12CCC(C(=O)N3CCN(c4ccc(F)cc4)CC3)(c3nc(C#N)c(C#N)nc31)C2(C)C. The van der Waals surface area contributed by atoms with Gasteiger partial charge in [0.15, 0.2) is 11.4 Å². The number of nitrogens with zero attached hydrogens (tertiary/aromatic N) is 6. The van der Waals surface area contributed by atoms with Crippen molar-refractivity contribution in [2.24, 2.45) is 5.41 Å². The molecule has 5 rings (SSSR count). The Balaban J connectivity index is 1.49. The lowest BCUT2D eigenvalue weighted by Gasteiger charge is -2.44. The van der Waals surface area contributed by atoms with Gasteiger partial charge in [-0.05, 0) is 42.5 Å². The van der Waals surface area contributed by atoms with E-state index < -0.39 is 16.2 Å². The van der Waals surface area contributed by atoms with Gasteiger partial charge >= 0.3 is 0 Å². The van der Waals surface area contributed by atoms with Crippen molar-refractivity contribution in [3.05, 3.63) is 52.9 Å². The Morgan fingerprint density at radius 3 is 2.09 bits per heavy atom. The minimum absolute atomic E-state index is 0.0171. The zero-order valence-electron chi connectivity index (χ0n) is 19.0. The minimum Gasteiger partial charge on any atom is -0.368 e. The molecule has 2 heterocycles. The molecule has 1 saturated carbocycles. The van der Waals surface area contributed by atoms with E-state index in [-0.39, 0.29) is 23.1 Å². The molecule has 168 valence electrons. The van der Waals surface area contributed by atoms with E-state index in [4.69, 9.17) is 0 Å². The molecule has 33 heavy (non-hydrogen) atoms. The first-order valence-corrected chi connectivity index (χ1v) is 11.2. The molecule has 7 nitrogen and oxygen atoms in total. The van der Waals surface area contributed by atoms with Gasteiger partial charge in [-0.25, -0.2) is 14.4 Å². The van der Waals surface area contributed by atoms with Gasteiger partial charge in [0, 0.05) is 37.3 Å². The summed E-state index contributed by atoms with van der Waals surface area (Å²) in [5, 5.41) is 19.0. The Hall–Kier alpha value is -3.52. The molecule has 1 aromatic carbocycles. The van der Waals surface area contributed by atoms with E-state index in [1.807, 2.05) is 17.0 Å². The first kappa shape index (κ1) is 21.3. The Morgan fingerprint density at radius 2 is 1.52 bits per heavy atom. The van der Waals surface area contributed by atoms with Crippen LogP contribution >= 0.6 is 0 Å². The maximum atomic E-state index is 14.2. The lowest BCUT2D eigenvalue weighted by Crippen LogP contribution is -2.57. The molecule has 2 fully saturated rings. The van der Waals surface area contributed by atoms with Gasteiger partial charge < -0.3 is 9.80 Å². The molecular weight excluding hydrogens is 419 g/mol. The zero-order chi connectivity index (χ0) is 23.6. The van der Waals surface area contributed by atoms with Crippen LogP contribution in [0.15, 0.2) is 24.3 Å². The number of hydrogen-bond donors (Lipinski definition) is 0. The second-order valence-corrected chi connectivity index (χ2v) is 9.96. The number of rotatable bonds is 2. The lowest BCUT2D eigenvalue weighted by molar-refractivity contribution is -0.141. The summed E-state index contributed by atoms with van der Waals surface area (Å²) in [7, 11) is 0. The molecule has 1 saturated heterocycles. The number of fused-ring (bicyclic) bond motifs is 5. The largest absolute Gasteiger partial charge is 0.368 e. The van der Waals surface area contributed by atoms with Crippen LogP contribution in [0.25, 0.3) is 0 Å². The minimum atomic E-state index is -0.873. The van der Waals surface area contributed by atoms with Gasteiger partial charge in [-0.15, -0.1) is 0 Å². The van der Waals surface area contributed by atoms with Crippen molar-refractivity contribution in [2.75, 3.05) is 31.1 Å². The van der Waals surface area contributed by atoms with E-state index >= 15 is 0 Å². The number of piperazine rings is 1. The molecule has 1 amide bonds. The standard InChI is InChI=1S/C25H25FN6O/c1-23(2)24(3)8-9-25(23,21-20(24)29-18(14-27)19(15-28)30-21)22(33)32-12-10-31(11-13-32)17-6-4-16(26)5-7-17/h4-7H,8-13H2,1-3H3. The number of anilines is 1. The Kier molecular flexibility index (Phi) is 4.52. The van der Waals surface area contributed by atoms with Gasteiger partial charge in [0.2, 0.25) is 5.91 Å². The molecule has 1 aromatic heterocycles. The van der Waals surface area contributed by atoms with Crippen molar-refractivity contribution in [3.8, 4) is 12.1 Å². The summed E-state index contributed by atoms with van der Waals surface area (Å²) >= 11 is 0. The number of hydrogen-bond acceptors (Lipinski definition) is 6. The third kappa shape index (κ3) is 2.61. The van der Waals surface area contributed by atoms with Crippen molar-refractivity contribution in [2.45, 2.75) is 44.4 Å². The molecule has 0 spiro atoms. The van der Waals surface area contributed by atoms with E-state index in [1.54, 1.807) is 12.1 Å². The van der Waals surface area contributed by atoms with E-state index in [1.165, 1.54) is 12.1 Å². The Labute approximate surface area is 192 Å². The zero-order valence-corrected chi connectivity index (χ0v) is 19.0. The topological polar surface area (TPSA) is 96.9 Å². The summed E-state index contributed by atoms with van der Waals surface area (Å²) in [5.74, 6) is -0.243. The van der Waals surface area contributed by atoms with Crippen LogP contribution in [0.4, 0.5) is 10.1 Å². The molecule has 2 atom stereocenters. The number of halogens is 1. The van der Waals surface area contributed by atoms with Crippen molar-refractivity contribution >= 4 is 11.6 Å². The first-order valence-electron chi connectivity index (χ1n) is 11.2. The molecule has 1 aliphatic heterocycles. The summed E-state index contributed by atoms with van der Waals surface area (Å²) < 4.78 is 13.3. The maximum Gasteiger partial charge on any atom is 0.235 e. The van der Waals surface area contributed by atoms with Crippen molar-refractivity contribution in [1.29, 1.82) is 10.5 Å². The number of benzene rings is 1. The van der Waals surface area contributed by atoms with Crippen molar-refractivity contribution < 1.29 is 9.18 Å². The van der Waals surface area contributed by atoms with Crippen LogP contribution in [0, 0.1) is 33.9 Å². The molecule has 2 bridgehead atoms. The number of carbonyl (C=O) groups excluding carboxylic acids is 1. The molecule has 2 unspecified atom stereocenters. The third-order valence-electron chi connectivity index (χ3n) is 8.60. The average Bonchev–Trinajstić information content (AvgIpc) is 3.13. The average molecular weight is 445 g/mol. The van der Waals surface area contributed by atoms with Crippen LogP contribution < -0.4 is 4.90 Å². The van der Waals surface area contributed by atoms with Crippen molar-refractivity contribution in [1.82, 2.24) is 14.9 Å². The van der Waals surface area contributed by atoms with Gasteiger partial charge in [-0.1, -0.05) is 20.8 Å². The predicted molar refractivity (Wildman–Crippen MR) is 119 cm³/mol. The van der Waals surface area contributed by atoms with E-state index in [0.29, 0.717) is 44.0 Å². The molecule has 8 heteroatoms. The second kappa shape index (κ2) is 6.99. The molecular formula is C25H25FN6O. The summed E-state index contributed by atoms with van der Waals surface area (Å²) in [4.78, 5) is 27.4. The predicted octanol–water partition coefficient (Wildman–Crippen LogP) is 3.04. The lowest BCUT2D eigenvalue weighted by atomic mass is 9.63. The highest BCUT2D eigenvalue weighted by molar-refractivity contribution is 5.92. The van der Waals surface area contributed by atoms with Gasteiger partial charge in [-0.2, -0.15) is 10.5 Å². The first-order chi connectivity index (χ1) is 15.7. The van der Waals surface area contributed by atoms with Crippen LogP contribution in [0.1, 0.15) is 56.4 Å². The van der Waals surface area contributed by atoms with E-state index in [9.17, 15) is 19.7 Å². The van der Waals surface area contributed by atoms with Crippen molar-refractivity contribution in [3.63, 3.8) is 0 Å². The number of aromatic nitrogens is 2. The molecule has 0 N–H and O–H groups in total. The molecule has 2 aromatic rings. The number of carbonyl (C=O) groups is 1. The monoisotopic (exact) mass is 444 g/mol. The maximum absolute atomic E-state index is 14.2. The fraction of sp³-hybridized carbons (Fsp3) is 0.480. The summed E-state index contributed by atoms with van der Waals surface area (Å²) in [6.45, 7) is 8.69. The van der Waals surface area contributed by atoms with Gasteiger partial charge in [-0.3, -0.25) is 4.79 Å². The highest BCUT2D eigenvalue weighted by atomic mass is 19.1. The van der Waals surface area contributed by atoms with Crippen LogP contribution in [-0.4, -0.2) is 47.0 Å². The van der Waals surface area contributed by atoms with E-state index in [0.717, 1.165) is 12.1 Å². The highest BCUT2D eigenvalue weighted by Gasteiger charge is 2.73. The van der Waals surface area contributed by atoms with Gasteiger partial charge in [0.1, 0.15) is 18.0 Å². The fourth-order valence-electron chi connectivity index (χ4n) is 6.20. The highest BCUT2D eigenvalue weighted by Crippen LogP contribution is 2.70. The smallest absolute Gasteiger partial charge is 0.235 e. The second-order valence-electron chi connectivity index (χ2n) is 9.96. The fourth-order valence-corrected chi connectivity index (χ4v) is 6.20. The molecule has 3 aliphatic rings. The van der Waals surface area contributed by atoms with Crippen LogP contribution in [0.5, 0.6) is 0 Å². The summed E-state index contributed by atoms with van der Waals surface area (Å²) in [6, 6.07) is 10.4. The number of amides is 1. The van der Waals surface area contributed by atoms with Crippen LogP contribution in [-0.2, 0) is 15.6 Å². The Morgan fingerprint density at radius 1 is 0.939 bits per heavy atom. The molecule has 0 radical (unpaired) electrons. The number of nitriles is 2. The normalized spacial score (nSPS) is 27.1. The third-order valence-corrected chi connectivity index (χ3v) is 8.60. The van der Waals surface area contributed by atoms with Crippen LogP contribution in [0.2, 0.25) is 0 Å². The summed E-state index contributed by atoms with van der Waals surface area (Å²) in [6.07, 6.45) is 1.42. The quantitative estimate of drug-likeness (QED) is 0.706.